The monoisotopic (exact) mass is 297 g/mol. The zero-order valence-corrected chi connectivity index (χ0v) is 13.0. The van der Waals surface area contributed by atoms with Gasteiger partial charge in [0.25, 0.3) is 0 Å². The fraction of sp³-hybridized carbons (Fsp3) is 0.278. The van der Waals surface area contributed by atoms with Crippen LogP contribution in [-0.4, -0.2) is 24.4 Å². The highest BCUT2D eigenvalue weighted by Gasteiger charge is 2.05. The largest absolute Gasteiger partial charge is 0.399 e. The molecule has 0 saturated carbocycles. The first-order chi connectivity index (χ1) is 10.7. The highest BCUT2D eigenvalue weighted by atomic mass is 16.1. The molecule has 4 heteroatoms. The van der Waals surface area contributed by atoms with Crippen LogP contribution in [0.2, 0.25) is 0 Å². The highest BCUT2D eigenvalue weighted by molar-refractivity contribution is 5.71. The lowest BCUT2D eigenvalue weighted by Gasteiger charge is -2.20. The van der Waals surface area contributed by atoms with E-state index in [0.717, 1.165) is 37.4 Å². The van der Waals surface area contributed by atoms with E-state index in [1.54, 1.807) is 0 Å². The molecule has 0 atom stereocenters. The van der Waals surface area contributed by atoms with Crippen LogP contribution in [0.1, 0.15) is 18.1 Å². The number of nitrogens with zero attached hydrogens (tertiary/aromatic N) is 1. The Morgan fingerprint density at radius 3 is 2.64 bits per heavy atom. The number of nitrogen functional groups attached to an aromatic ring is 1. The number of carbonyl (C=O) groups is 1. The Morgan fingerprint density at radius 2 is 1.91 bits per heavy atom. The SMILES string of the molecule is CCN(CCc1cccc(NC=O)c1)Cc1cccc(N)c1. The van der Waals surface area contributed by atoms with Gasteiger partial charge in [-0.15, -0.1) is 0 Å². The van der Waals surface area contributed by atoms with Gasteiger partial charge in [-0.25, -0.2) is 0 Å². The van der Waals surface area contributed by atoms with Crippen LogP contribution in [0.5, 0.6) is 0 Å². The quantitative estimate of drug-likeness (QED) is 0.582. The molecule has 1 amide bonds. The van der Waals surface area contributed by atoms with Gasteiger partial charge in [-0.2, -0.15) is 0 Å². The number of benzene rings is 2. The molecule has 116 valence electrons. The number of likely N-dealkylation sites (N-methyl/N-ethyl adjacent to an activating group) is 1. The Bertz CT molecular complexity index is 613. The van der Waals surface area contributed by atoms with Crippen LogP contribution in [0.15, 0.2) is 48.5 Å². The molecule has 0 unspecified atom stereocenters. The van der Waals surface area contributed by atoms with Crippen molar-refractivity contribution in [3.63, 3.8) is 0 Å². The number of nitrogens with two attached hydrogens (primary N) is 1. The maximum Gasteiger partial charge on any atom is 0.211 e. The summed E-state index contributed by atoms with van der Waals surface area (Å²) in [5.74, 6) is 0. The highest BCUT2D eigenvalue weighted by Crippen LogP contribution is 2.13. The van der Waals surface area contributed by atoms with E-state index in [1.165, 1.54) is 11.1 Å². The summed E-state index contributed by atoms with van der Waals surface area (Å²) in [5, 5.41) is 2.69. The number of nitrogens with one attached hydrogen (secondary N) is 1. The number of hydrogen-bond acceptors (Lipinski definition) is 3. The Balaban J connectivity index is 1.93. The smallest absolute Gasteiger partial charge is 0.211 e. The molecule has 3 N–H and O–H groups in total. The van der Waals surface area contributed by atoms with Crippen LogP contribution >= 0.6 is 0 Å². The van der Waals surface area contributed by atoms with E-state index in [-0.39, 0.29) is 0 Å². The molecule has 0 aliphatic rings. The molecule has 4 nitrogen and oxygen atoms in total. The maximum atomic E-state index is 10.5. The first-order valence-electron chi connectivity index (χ1n) is 7.57. The lowest BCUT2D eigenvalue weighted by atomic mass is 10.1. The van der Waals surface area contributed by atoms with E-state index in [2.05, 4.69) is 29.3 Å². The van der Waals surface area contributed by atoms with Crippen LogP contribution in [-0.2, 0) is 17.8 Å². The van der Waals surface area contributed by atoms with Crippen molar-refractivity contribution in [2.75, 3.05) is 24.1 Å². The summed E-state index contributed by atoms with van der Waals surface area (Å²) < 4.78 is 0. The second kappa shape index (κ2) is 8.20. The Hall–Kier alpha value is -2.33. The van der Waals surface area contributed by atoms with E-state index in [9.17, 15) is 4.79 Å². The van der Waals surface area contributed by atoms with Crippen molar-refractivity contribution in [2.24, 2.45) is 0 Å². The van der Waals surface area contributed by atoms with Gasteiger partial charge < -0.3 is 11.1 Å². The van der Waals surface area contributed by atoms with Gasteiger partial charge in [0.1, 0.15) is 0 Å². The molecular weight excluding hydrogens is 274 g/mol. The summed E-state index contributed by atoms with van der Waals surface area (Å²) in [7, 11) is 0. The molecule has 0 bridgehead atoms. The number of rotatable bonds is 8. The van der Waals surface area contributed by atoms with Crippen molar-refractivity contribution >= 4 is 17.8 Å². The van der Waals surface area contributed by atoms with Crippen LogP contribution in [0.25, 0.3) is 0 Å². The Morgan fingerprint density at radius 1 is 1.14 bits per heavy atom. The average Bonchev–Trinajstić information content (AvgIpc) is 2.52. The minimum atomic E-state index is 0.706. The molecule has 0 fully saturated rings. The predicted molar refractivity (Wildman–Crippen MR) is 91.6 cm³/mol. The normalized spacial score (nSPS) is 10.6. The van der Waals surface area contributed by atoms with Crippen LogP contribution < -0.4 is 11.1 Å². The van der Waals surface area contributed by atoms with Crippen LogP contribution in [0.4, 0.5) is 11.4 Å². The minimum absolute atomic E-state index is 0.706. The molecule has 2 aromatic carbocycles. The van der Waals surface area contributed by atoms with E-state index < -0.39 is 0 Å². The molecule has 0 aromatic heterocycles. The molecule has 0 aliphatic heterocycles. The molecule has 0 saturated heterocycles. The summed E-state index contributed by atoms with van der Waals surface area (Å²) in [6, 6.07) is 16.0. The Kier molecular flexibility index (Phi) is 5.98. The summed E-state index contributed by atoms with van der Waals surface area (Å²) in [4.78, 5) is 12.9. The van der Waals surface area contributed by atoms with Crippen molar-refractivity contribution in [1.82, 2.24) is 4.90 Å². The molecule has 0 radical (unpaired) electrons. The van der Waals surface area contributed by atoms with Crippen molar-refractivity contribution in [3.8, 4) is 0 Å². The number of anilines is 2. The van der Waals surface area contributed by atoms with Crippen molar-refractivity contribution in [3.05, 3.63) is 59.7 Å². The minimum Gasteiger partial charge on any atom is -0.399 e. The first kappa shape index (κ1) is 16.0. The molecule has 2 aromatic rings. The third-order valence-electron chi connectivity index (χ3n) is 3.67. The van der Waals surface area contributed by atoms with Crippen molar-refractivity contribution in [2.45, 2.75) is 19.9 Å². The fourth-order valence-electron chi connectivity index (χ4n) is 2.47. The summed E-state index contributed by atoms with van der Waals surface area (Å²) >= 11 is 0. The number of amides is 1. The molecule has 0 heterocycles. The summed E-state index contributed by atoms with van der Waals surface area (Å²) in [6.07, 6.45) is 1.65. The van der Waals surface area contributed by atoms with Gasteiger partial charge in [0.2, 0.25) is 6.41 Å². The summed E-state index contributed by atoms with van der Waals surface area (Å²) in [6.45, 7) is 5.02. The second-order valence-electron chi connectivity index (χ2n) is 5.33. The number of carbonyl (C=O) groups excluding carboxylic acids is 1. The van der Waals surface area contributed by atoms with E-state index in [1.807, 2.05) is 36.4 Å². The first-order valence-corrected chi connectivity index (χ1v) is 7.57. The lowest BCUT2D eigenvalue weighted by molar-refractivity contribution is -0.105. The summed E-state index contributed by atoms with van der Waals surface area (Å²) in [5.41, 5.74) is 9.93. The lowest BCUT2D eigenvalue weighted by Crippen LogP contribution is -2.25. The zero-order chi connectivity index (χ0) is 15.8. The van der Waals surface area contributed by atoms with Gasteiger partial charge in [0, 0.05) is 24.5 Å². The van der Waals surface area contributed by atoms with E-state index >= 15 is 0 Å². The van der Waals surface area contributed by atoms with Gasteiger partial charge >= 0.3 is 0 Å². The fourth-order valence-corrected chi connectivity index (χ4v) is 2.47. The average molecular weight is 297 g/mol. The van der Waals surface area contributed by atoms with E-state index in [0.29, 0.717) is 6.41 Å². The molecule has 2 rings (SSSR count). The topological polar surface area (TPSA) is 58.4 Å². The van der Waals surface area contributed by atoms with Gasteiger partial charge in [-0.3, -0.25) is 9.69 Å². The van der Waals surface area contributed by atoms with Crippen molar-refractivity contribution in [1.29, 1.82) is 0 Å². The van der Waals surface area contributed by atoms with Gasteiger partial charge in [-0.1, -0.05) is 31.2 Å². The molecule has 0 spiro atoms. The maximum absolute atomic E-state index is 10.5. The van der Waals surface area contributed by atoms with Gasteiger partial charge in [0.15, 0.2) is 0 Å². The predicted octanol–water partition coefficient (Wildman–Crippen LogP) is 2.90. The standard InChI is InChI=1S/C18H23N3O/c1-2-21(13-16-6-3-7-17(19)11-16)10-9-15-5-4-8-18(12-15)20-14-22/h3-8,11-12,14H,2,9-10,13,19H2,1H3,(H,20,22). The zero-order valence-electron chi connectivity index (χ0n) is 13.0. The Labute approximate surface area is 131 Å². The van der Waals surface area contributed by atoms with Crippen LogP contribution in [0.3, 0.4) is 0 Å². The third-order valence-corrected chi connectivity index (χ3v) is 3.67. The van der Waals surface area contributed by atoms with Gasteiger partial charge in [0.05, 0.1) is 0 Å². The second-order valence-corrected chi connectivity index (χ2v) is 5.33. The molecule has 22 heavy (non-hydrogen) atoms. The van der Waals surface area contributed by atoms with Gasteiger partial charge in [-0.05, 0) is 48.4 Å². The van der Waals surface area contributed by atoms with E-state index in [4.69, 9.17) is 5.73 Å². The molecule has 0 aliphatic carbocycles. The molecular formula is C18H23N3O. The third kappa shape index (κ3) is 4.90. The number of hydrogen-bond donors (Lipinski definition) is 2. The van der Waals surface area contributed by atoms with Crippen LogP contribution in [0, 0.1) is 0 Å². The van der Waals surface area contributed by atoms with Crippen molar-refractivity contribution < 1.29 is 4.79 Å².